The average molecular weight is 222 g/mol. The molecule has 1 heterocycles. The van der Waals surface area contributed by atoms with Crippen LogP contribution < -0.4 is 0 Å². The van der Waals surface area contributed by atoms with Gasteiger partial charge in [-0.3, -0.25) is 9.48 Å². The maximum absolute atomic E-state index is 10.9. The topological polar surface area (TPSA) is 55.1 Å². The van der Waals surface area contributed by atoms with Gasteiger partial charge in [-0.15, -0.1) is 0 Å². The summed E-state index contributed by atoms with van der Waals surface area (Å²) in [5.41, 5.74) is 0. The van der Waals surface area contributed by atoms with Gasteiger partial charge in [0.15, 0.2) is 0 Å². The van der Waals surface area contributed by atoms with Crippen molar-refractivity contribution >= 4 is 5.97 Å². The van der Waals surface area contributed by atoms with Gasteiger partial charge in [-0.05, 0) is 37.7 Å². The molecule has 1 atom stereocenters. The van der Waals surface area contributed by atoms with Gasteiger partial charge in [-0.1, -0.05) is 6.92 Å². The number of carbonyl (C=O) groups is 1. The van der Waals surface area contributed by atoms with Gasteiger partial charge in [0.1, 0.15) is 0 Å². The largest absolute Gasteiger partial charge is 0.481 e. The number of rotatable bonds is 3. The van der Waals surface area contributed by atoms with Crippen molar-refractivity contribution in [2.75, 3.05) is 0 Å². The normalized spacial score (nSPS) is 27.6. The molecule has 1 aliphatic carbocycles. The molecule has 4 heteroatoms. The molecule has 1 aliphatic rings. The third kappa shape index (κ3) is 2.26. The lowest BCUT2D eigenvalue weighted by Crippen LogP contribution is -2.26. The van der Waals surface area contributed by atoms with Crippen molar-refractivity contribution in [2.45, 2.75) is 38.6 Å². The summed E-state index contributed by atoms with van der Waals surface area (Å²) < 4.78 is 2.00. The lowest BCUT2D eigenvalue weighted by Gasteiger charge is -2.30. The summed E-state index contributed by atoms with van der Waals surface area (Å²) in [6.45, 7) is 1.82. The van der Waals surface area contributed by atoms with Gasteiger partial charge in [0.25, 0.3) is 0 Å². The first-order valence-corrected chi connectivity index (χ1v) is 5.90. The molecule has 0 radical (unpaired) electrons. The highest BCUT2D eigenvalue weighted by Crippen LogP contribution is 2.35. The summed E-state index contributed by atoms with van der Waals surface area (Å²) in [5.74, 6) is -0.537. The monoisotopic (exact) mass is 222 g/mol. The highest BCUT2D eigenvalue weighted by atomic mass is 16.4. The van der Waals surface area contributed by atoms with E-state index in [-0.39, 0.29) is 5.92 Å². The van der Waals surface area contributed by atoms with E-state index in [9.17, 15) is 4.79 Å². The van der Waals surface area contributed by atoms with Crippen molar-refractivity contribution < 1.29 is 9.90 Å². The molecule has 0 aliphatic heterocycles. The molecule has 1 fully saturated rings. The molecule has 16 heavy (non-hydrogen) atoms. The second-order valence-corrected chi connectivity index (χ2v) is 4.68. The molecule has 0 saturated heterocycles. The predicted molar refractivity (Wildman–Crippen MR) is 60.0 cm³/mol. The van der Waals surface area contributed by atoms with Crippen LogP contribution in [0.3, 0.4) is 0 Å². The number of aromatic nitrogens is 2. The van der Waals surface area contributed by atoms with Crippen molar-refractivity contribution in [3.05, 3.63) is 18.5 Å². The second-order valence-electron chi connectivity index (χ2n) is 4.68. The molecule has 1 N–H and O–H groups in total. The van der Waals surface area contributed by atoms with Crippen LogP contribution in [0.4, 0.5) is 0 Å². The molecule has 0 aromatic carbocycles. The molecule has 88 valence electrons. The molecule has 4 nitrogen and oxygen atoms in total. The molecule has 1 aromatic heterocycles. The number of hydrogen-bond donors (Lipinski definition) is 1. The van der Waals surface area contributed by atoms with Gasteiger partial charge in [-0.2, -0.15) is 5.10 Å². The predicted octanol–water partition coefficient (Wildman–Crippen LogP) is 2.34. The van der Waals surface area contributed by atoms with Gasteiger partial charge in [0.05, 0.1) is 12.0 Å². The summed E-state index contributed by atoms with van der Waals surface area (Å²) in [6.07, 6.45) is 7.88. The van der Waals surface area contributed by atoms with E-state index in [1.807, 2.05) is 23.9 Å². The number of aliphatic carboxylic acids is 1. The highest BCUT2D eigenvalue weighted by Gasteiger charge is 2.29. The molecule has 2 rings (SSSR count). The Balaban J connectivity index is 1.90. The minimum atomic E-state index is -0.664. The quantitative estimate of drug-likeness (QED) is 0.854. The van der Waals surface area contributed by atoms with Crippen LogP contribution in [-0.2, 0) is 4.79 Å². The maximum Gasteiger partial charge on any atom is 0.306 e. The van der Waals surface area contributed by atoms with E-state index in [2.05, 4.69) is 5.10 Å². The van der Waals surface area contributed by atoms with Gasteiger partial charge >= 0.3 is 5.97 Å². The Hall–Kier alpha value is -1.32. The Morgan fingerprint density at radius 3 is 2.62 bits per heavy atom. The van der Waals surface area contributed by atoms with Crippen molar-refractivity contribution in [1.82, 2.24) is 9.78 Å². The van der Waals surface area contributed by atoms with Crippen LogP contribution in [0.5, 0.6) is 0 Å². The van der Waals surface area contributed by atoms with E-state index in [0.29, 0.717) is 12.0 Å². The van der Waals surface area contributed by atoms with Gasteiger partial charge in [0, 0.05) is 12.4 Å². The zero-order valence-electron chi connectivity index (χ0n) is 9.54. The summed E-state index contributed by atoms with van der Waals surface area (Å²) in [7, 11) is 0. The Labute approximate surface area is 95.3 Å². The van der Waals surface area contributed by atoms with E-state index in [1.165, 1.54) is 0 Å². The van der Waals surface area contributed by atoms with Crippen LogP contribution in [0, 0.1) is 11.8 Å². The van der Waals surface area contributed by atoms with Crippen molar-refractivity contribution in [2.24, 2.45) is 11.8 Å². The van der Waals surface area contributed by atoms with E-state index >= 15 is 0 Å². The van der Waals surface area contributed by atoms with Crippen LogP contribution in [0.25, 0.3) is 0 Å². The fraction of sp³-hybridized carbons (Fsp3) is 0.667. The first kappa shape index (κ1) is 11.2. The zero-order valence-corrected chi connectivity index (χ0v) is 9.54. The Kier molecular flexibility index (Phi) is 3.27. The fourth-order valence-corrected chi connectivity index (χ4v) is 2.56. The molecule has 1 saturated carbocycles. The van der Waals surface area contributed by atoms with E-state index < -0.39 is 5.97 Å². The minimum absolute atomic E-state index is 0.210. The molecule has 1 aromatic rings. The fourth-order valence-electron chi connectivity index (χ4n) is 2.56. The van der Waals surface area contributed by atoms with Crippen LogP contribution in [-0.4, -0.2) is 20.9 Å². The van der Waals surface area contributed by atoms with E-state index in [1.54, 1.807) is 6.20 Å². The van der Waals surface area contributed by atoms with Crippen molar-refractivity contribution in [1.29, 1.82) is 0 Å². The third-order valence-electron chi connectivity index (χ3n) is 3.74. The second kappa shape index (κ2) is 4.68. The van der Waals surface area contributed by atoms with E-state index in [4.69, 9.17) is 5.11 Å². The van der Waals surface area contributed by atoms with Crippen molar-refractivity contribution in [3.63, 3.8) is 0 Å². The summed E-state index contributed by atoms with van der Waals surface area (Å²) >= 11 is 0. The molecule has 0 bridgehead atoms. The smallest absolute Gasteiger partial charge is 0.306 e. The average Bonchev–Trinajstić information content (AvgIpc) is 2.81. The lowest BCUT2D eigenvalue weighted by molar-refractivity contribution is -0.143. The summed E-state index contributed by atoms with van der Waals surface area (Å²) in [6, 6.07) is 2.40. The molecular weight excluding hydrogens is 204 g/mol. The molecule has 0 spiro atoms. The van der Waals surface area contributed by atoms with Crippen LogP contribution in [0.15, 0.2) is 18.5 Å². The van der Waals surface area contributed by atoms with Crippen LogP contribution >= 0.6 is 0 Å². The number of nitrogens with zero attached hydrogens (tertiary/aromatic N) is 2. The van der Waals surface area contributed by atoms with Gasteiger partial charge in [-0.25, -0.2) is 0 Å². The Bertz CT molecular complexity index is 340. The van der Waals surface area contributed by atoms with Gasteiger partial charge < -0.3 is 5.11 Å². The number of hydrogen-bond acceptors (Lipinski definition) is 2. The van der Waals surface area contributed by atoms with Crippen LogP contribution in [0.1, 0.15) is 38.6 Å². The first-order chi connectivity index (χ1) is 7.68. The molecule has 0 amide bonds. The van der Waals surface area contributed by atoms with Crippen molar-refractivity contribution in [3.8, 4) is 0 Å². The minimum Gasteiger partial charge on any atom is -0.481 e. The summed E-state index contributed by atoms with van der Waals surface area (Å²) in [4.78, 5) is 10.9. The molecular formula is C12H18N2O2. The Morgan fingerprint density at radius 1 is 1.44 bits per heavy atom. The maximum atomic E-state index is 10.9. The van der Waals surface area contributed by atoms with Gasteiger partial charge in [0.2, 0.25) is 0 Å². The SMILES string of the molecule is CC(C(=O)O)C1CCC(n2cccn2)CC1. The van der Waals surface area contributed by atoms with E-state index in [0.717, 1.165) is 25.7 Å². The standard InChI is InChI=1S/C12H18N2O2/c1-9(12(15)16)10-3-5-11(6-4-10)14-8-2-7-13-14/h2,7-11H,3-6H2,1H3,(H,15,16). The lowest BCUT2D eigenvalue weighted by atomic mass is 9.79. The molecule has 1 unspecified atom stereocenters. The highest BCUT2D eigenvalue weighted by molar-refractivity contribution is 5.69. The first-order valence-electron chi connectivity index (χ1n) is 5.90. The summed E-state index contributed by atoms with van der Waals surface area (Å²) in [5, 5.41) is 13.2. The zero-order chi connectivity index (χ0) is 11.5. The number of carboxylic acids is 1. The third-order valence-corrected chi connectivity index (χ3v) is 3.74. The number of carboxylic acid groups (broad SMARTS) is 1. The van der Waals surface area contributed by atoms with Crippen LogP contribution in [0.2, 0.25) is 0 Å². The Morgan fingerprint density at radius 2 is 2.12 bits per heavy atom.